The highest BCUT2D eigenvalue weighted by Crippen LogP contribution is 2.54. The number of carbonyl (C=O) groups is 1. The van der Waals surface area contributed by atoms with E-state index < -0.39 is 5.41 Å². The van der Waals surface area contributed by atoms with E-state index in [2.05, 4.69) is 18.2 Å². The van der Waals surface area contributed by atoms with Gasteiger partial charge in [0.2, 0.25) is 5.91 Å². The molecular formula is C23H23NO4. The predicted octanol–water partition coefficient (Wildman–Crippen LogP) is 3.07. The summed E-state index contributed by atoms with van der Waals surface area (Å²) in [6, 6.07) is 12.4. The maximum atomic E-state index is 13.9. The monoisotopic (exact) mass is 377 g/mol. The molecule has 4 heterocycles. The maximum absolute atomic E-state index is 13.9. The molecule has 28 heavy (non-hydrogen) atoms. The molecule has 0 bridgehead atoms. The Hall–Kier alpha value is -2.53. The SMILES string of the molecule is O=C1N(CC2CCOCC2)c2ccccc2C12COc1cc3c(cc12)CCO3. The number of amides is 1. The molecule has 0 N–H and O–H groups in total. The lowest BCUT2D eigenvalue weighted by molar-refractivity contribution is -0.122. The minimum Gasteiger partial charge on any atom is -0.493 e. The second-order valence-electron chi connectivity index (χ2n) is 8.24. The van der Waals surface area contributed by atoms with Gasteiger partial charge in [-0.1, -0.05) is 18.2 Å². The van der Waals surface area contributed by atoms with Gasteiger partial charge in [0, 0.05) is 43.5 Å². The fraction of sp³-hybridized carbons (Fsp3) is 0.435. The number of para-hydroxylation sites is 1. The van der Waals surface area contributed by atoms with Crippen molar-refractivity contribution in [2.24, 2.45) is 5.92 Å². The van der Waals surface area contributed by atoms with Crippen LogP contribution in [0, 0.1) is 5.92 Å². The van der Waals surface area contributed by atoms with Crippen LogP contribution < -0.4 is 14.4 Å². The van der Waals surface area contributed by atoms with E-state index in [1.54, 1.807) is 0 Å². The molecule has 1 saturated heterocycles. The van der Waals surface area contributed by atoms with Crippen LogP contribution in [-0.2, 0) is 21.4 Å². The molecule has 1 spiro atoms. The van der Waals surface area contributed by atoms with Crippen LogP contribution in [0.4, 0.5) is 5.69 Å². The van der Waals surface area contributed by atoms with Crippen LogP contribution in [0.5, 0.6) is 11.5 Å². The smallest absolute Gasteiger partial charge is 0.245 e. The Bertz CT molecular complexity index is 965. The van der Waals surface area contributed by atoms with Crippen LogP contribution in [-0.4, -0.2) is 38.9 Å². The van der Waals surface area contributed by atoms with Gasteiger partial charge >= 0.3 is 0 Å². The first-order chi connectivity index (χ1) is 13.8. The van der Waals surface area contributed by atoms with Crippen molar-refractivity contribution in [2.45, 2.75) is 24.7 Å². The predicted molar refractivity (Wildman–Crippen MR) is 104 cm³/mol. The molecule has 1 amide bonds. The maximum Gasteiger partial charge on any atom is 0.245 e. The number of ether oxygens (including phenoxy) is 3. The highest BCUT2D eigenvalue weighted by atomic mass is 16.5. The Kier molecular flexibility index (Phi) is 3.51. The van der Waals surface area contributed by atoms with E-state index in [0.29, 0.717) is 19.1 Å². The minimum atomic E-state index is -0.727. The summed E-state index contributed by atoms with van der Waals surface area (Å²) in [5, 5.41) is 0. The van der Waals surface area contributed by atoms with E-state index in [1.165, 1.54) is 5.56 Å². The van der Waals surface area contributed by atoms with Gasteiger partial charge in [-0.25, -0.2) is 0 Å². The van der Waals surface area contributed by atoms with Gasteiger partial charge in [0.25, 0.3) is 0 Å². The second kappa shape index (κ2) is 5.98. The van der Waals surface area contributed by atoms with Crippen molar-refractivity contribution in [2.75, 3.05) is 37.9 Å². The largest absolute Gasteiger partial charge is 0.493 e. The van der Waals surface area contributed by atoms with Gasteiger partial charge in [-0.3, -0.25) is 4.79 Å². The van der Waals surface area contributed by atoms with Crippen molar-refractivity contribution >= 4 is 11.6 Å². The van der Waals surface area contributed by atoms with Crippen LogP contribution in [0.3, 0.4) is 0 Å². The number of carbonyl (C=O) groups excluding carboxylic acids is 1. The zero-order valence-electron chi connectivity index (χ0n) is 15.8. The lowest BCUT2D eigenvalue weighted by atomic mass is 9.76. The minimum absolute atomic E-state index is 0.151. The summed E-state index contributed by atoms with van der Waals surface area (Å²) >= 11 is 0. The molecule has 4 aliphatic heterocycles. The van der Waals surface area contributed by atoms with Gasteiger partial charge in [0.05, 0.1) is 6.61 Å². The molecule has 6 rings (SSSR count). The highest BCUT2D eigenvalue weighted by molar-refractivity contribution is 6.11. The fourth-order valence-corrected chi connectivity index (χ4v) is 5.22. The Labute approximate surface area is 164 Å². The summed E-state index contributed by atoms with van der Waals surface area (Å²) in [6.07, 6.45) is 2.91. The molecule has 1 fully saturated rings. The Morgan fingerprint density at radius 1 is 1.00 bits per heavy atom. The van der Waals surface area contributed by atoms with E-state index in [-0.39, 0.29) is 5.91 Å². The molecule has 1 unspecified atom stereocenters. The average molecular weight is 377 g/mol. The van der Waals surface area contributed by atoms with Gasteiger partial charge in [-0.2, -0.15) is 0 Å². The average Bonchev–Trinajstić information content (AvgIpc) is 3.40. The number of fused-ring (bicyclic) bond motifs is 5. The Morgan fingerprint density at radius 2 is 1.86 bits per heavy atom. The lowest BCUT2D eigenvalue weighted by Gasteiger charge is -2.29. The van der Waals surface area contributed by atoms with Crippen LogP contribution >= 0.6 is 0 Å². The second-order valence-corrected chi connectivity index (χ2v) is 8.24. The molecule has 0 aromatic heterocycles. The molecule has 1 atom stereocenters. The fourth-order valence-electron chi connectivity index (χ4n) is 5.22. The molecule has 5 nitrogen and oxygen atoms in total. The van der Waals surface area contributed by atoms with Crippen molar-refractivity contribution in [1.82, 2.24) is 0 Å². The van der Waals surface area contributed by atoms with Crippen molar-refractivity contribution in [1.29, 1.82) is 0 Å². The third kappa shape index (κ3) is 2.14. The summed E-state index contributed by atoms with van der Waals surface area (Å²) in [5.74, 6) is 2.32. The normalized spacial score (nSPS) is 25.4. The number of nitrogens with zero attached hydrogens (tertiary/aromatic N) is 1. The van der Waals surface area contributed by atoms with E-state index in [4.69, 9.17) is 14.2 Å². The van der Waals surface area contributed by atoms with Gasteiger partial charge in [-0.15, -0.1) is 0 Å². The Morgan fingerprint density at radius 3 is 2.75 bits per heavy atom. The summed E-state index contributed by atoms with van der Waals surface area (Å²) in [4.78, 5) is 15.9. The third-order valence-electron chi connectivity index (χ3n) is 6.74. The van der Waals surface area contributed by atoms with E-state index in [9.17, 15) is 4.79 Å². The summed E-state index contributed by atoms with van der Waals surface area (Å²) in [7, 11) is 0. The first kappa shape index (κ1) is 16.4. The third-order valence-corrected chi connectivity index (χ3v) is 6.74. The van der Waals surface area contributed by atoms with E-state index >= 15 is 0 Å². The van der Waals surface area contributed by atoms with Gasteiger partial charge < -0.3 is 19.1 Å². The van der Waals surface area contributed by atoms with Gasteiger partial charge in [-0.05, 0) is 42.0 Å². The first-order valence-electron chi connectivity index (χ1n) is 10.2. The zero-order chi connectivity index (χ0) is 18.7. The molecule has 144 valence electrons. The topological polar surface area (TPSA) is 48.0 Å². The van der Waals surface area contributed by atoms with Crippen molar-refractivity contribution in [3.63, 3.8) is 0 Å². The van der Waals surface area contributed by atoms with E-state index in [0.717, 1.165) is 67.3 Å². The van der Waals surface area contributed by atoms with Crippen LogP contribution in [0.15, 0.2) is 36.4 Å². The van der Waals surface area contributed by atoms with Gasteiger partial charge in [0.15, 0.2) is 0 Å². The summed E-state index contributed by atoms with van der Waals surface area (Å²) in [5.41, 5.74) is 3.56. The molecule has 0 radical (unpaired) electrons. The van der Waals surface area contributed by atoms with Crippen LogP contribution in [0.1, 0.15) is 29.5 Å². The number of hydrogen-bond donors (Lipinski definition) is 0. The molecule has 2 aromatic carbocycles. The Balaban J connectivity index is 1.46. The molecule has 0 aliphatic carbocycles. The molecule has 2 aromatic rings. The van der Waals surface area contributed by atoms with E-state index in [1.807, 2.05) is 23.1 Å². The molecule has 4 aliphatic rings. The summed E-state index contributed by atoms with van der Waals surface area (Å²) < 4.78 is 17.3. The van der Waals surface area contributed by atoms with Crippen LogP contribution in [0.2, 0.25) is 0 Å². The lowest BCUT2D eigenvalue weighted by Crippen LogP contribution is -2.44. The molecule has 5 heteroatoms. The quantitative estimate of drug-likeness (QED) is 0.807. The molecule has 0 saturated carbocycles. The number of rotatable bonds is 2. The van der Waals surface area contributed by atoms with Crippen molar-refractivity contribution < 1.29 is 19.0 Å². The van der Waals surface area contributed by atoms with Gasteiger partial charge in [0.1, 0.15) is 23.5 Å². The number of anilines is 1. The van der Waals surface area contributed by atoms with Crippen molar-refractivity contribution in [3.05, 3.63) is 53.1 Å². The summed E-state index contributed by atoms with van der Waals surface area (Å²) in [6.45, 7) is 3.40. The first-order valence-corrected chi connectivity index (χ1v) is 10.2. The van der Waals surface area contributed by atoms with Crippen LogP contribution in [0.25, 0.3) is 0 Å². The number of hydrogen-bond acceptors (Lipinski definition) is 4. The molecular weight excluding hydrogens is 354 g/mol. The van der Waals surface area contributed by atoms with Crippen molar-refractivity contribution in [3.8, 4) is 11.5 Å². The zero-order valence-corrected chi connectivity index (χ0v) is 15.8. The highest BCUT2D eigenvalue weighted by Gasteiger charge is 2.57. The number of benzene rings is 2. The standard InChI is InChI=1S/C23H23NO4/c25-22-23(14-28-21-12-20-16(7-10-27-20)11-18(21)23)17-3-1-2-4-19(17)24(22)13-15-5-8-26-9-6-15/h1-4,11-12,15H,5-10,13-14H2.